The van der Waals surface area contributed by atoms with Crippen molar-refractivity contribution < 1.29 is 29.6 Å². The van der Waals surface area contributed by atoms with E-state index >= 15 is 0 Å². The zero-order valence-electron chi connectivity index (χ0n) is 7.64. The molecule has 1 saturated carbocycles. The maximum atomic E-state index is 4.82. The first-order chi connectivity index (χ1) is 5.29. The standard InChI is InChI=1S/C8H15NS2.Na/c10-8(11)9-7-5-3-1-2-4-6-7;/h7H,1-6H2,(H2,9,10,11);/q;+1/p-1. The molecule has 1 aliphatic rings. The minimum Gasteiger partial charge on any atom is -0.412 e. The van der Waals surface area contributed by atoms with Crippen molar-refractivity contribution in [3.63, 3.8) is 0 Å². The molecule has 1 aliphatic carbocycles. The number of hydrogen-bond acceptors (Lipinski definition) is 2. The molecule has 0 saturated heterocycles. The molecule has 0 aromatic heterocycles. The van der Waals surface area contributed by atoms with Crippen LogP contribution in [0.3, 0.4) is 0 Å². The minimum absolute atomic E-state index is 0. The van der Waals surface area contributed by atoms with E-state index in [0.717, 1.165) is 0 Å². The van der Waals surface area contributed by atoms with Gasteiger partial charge in [-0.15, -0.1) is 0 Å². The summed E-state index contributed by atoms with van der Waals surface area (Å²) in [7, 11) is 0. The fourth-order valence-corrected chi connectivity index (χ4v) is 1.92. The third-order valence-electron chi connectivity index (χ3n) is 2.18. The fourth-order valence-electron chi connectivity index (χ4n) is 1.59. The molecule has 0 radical (unpaired) electrons. The summed E-state index contributed by atoms with van der Waals surface area (Å²) in [6.07, 6.45) is 7.91. The Morgan fingerprint density at radius 1 is 1.17 bits per heavy atom. The van der Waals surface area contributed by atoms with Crippen LogP contribution in [-0.4, -0.2) is 10.4 Å². The van der Waals surface area contributed by atoms with Crippen molar-refractivity contribution in [2.75, 3.05) is 0 Å². The van der Waals surface area contributed by atoms with Gasteiger partial charge in [0.2, 0.25) is 0 Å². The Labute approximate surface area is 108 Å². The number of nitrogens with one attached hydrogen (secondary N) is 1. The molecular formula is C8H14NNaS2. The smallest absolute Gasteiger partial charge is 0.412 e. The van der Waals surface area contributed by atoms with E-state index in [1.54, 1.807) is 0 Å². The quantitative estimate of drug-likeness (QED) is 0.262. The predicted molar refractivity (Wildman–Crippen MR) is 54.6 cm³/mol. The van der Waals surface area contributed by atoms with Gasteiger partial charge in [-0.2, -0.15) is 0 Å². The van der Waals surface area contributed by atoms with Gasteiger partial charge in [-0.05, 0) is 12.8 Å². The molecule has 1 fully saturated rings. The second-order valence-corrected chi connectivity index (χ2v) is 4.20. The summed E-state index contributed by atoms with van der Waals surface area (Å²) in [5, 5.41) is 3.17. The van der Waals surface area contributed by atoms with E-state index in [9.17, 15) is 0 Å². The van der Waals surface area contributed by atoms with Crippen LogP contribution >= 0.6 is 12.2 Å². The molecular weight excluding hydrogens is 197 g/mol. The summed E-state index contributed by atoms with van der Waals surface area (Å²) in [5.74, 6) is 0. The zero-order valence-corrected chi connectivity index (χ0v) is 11.3. The van der Waals surface area contributed by atoms with Crippen LogP contribution < -0.4 is 34.9 Å². The normalized spacial score (nSPS) is 19.0. The van der Waals surface area contributed by atoms with Gasteiger partial charge in [0.25, 0.3) is 0 Å². The Hall–Kier alpha value is 1.11. The molecule has 0 aliphatic heterocycles. The predicted octanol–water partition coefficient (Wildman–Crippen LogP) is -0.865. The Morgan fingerprint density at radius 2 is 1.67 bits per heavy atom. The third kappa shape index (κ3) is 5.70. The first-order valence-corrected chi connectivity index (χ1v) is 5.08. The van der Waals surface area contributed by atoms with Crippen LogP contribution in [0.1, 0.15) is 38.5 Å². The maximum Gasteiger partial charge on any atom is 1.00 e. The molecule has 1 rings (SSSR count). The van der Waals surface area contributed by atoms with Crippen LogP contribution in [0.2, 0.25) is 0 Å². The van der Waals surface area contributed by atoms with Gasteiger partial charge in [0.05, 0.1) is 0 Å². The van der Waals surface area contributed by atoms with Crippen molar-refractivity contribution in [1.29, 1.82) is 0 Å². The number of hydrogen-bond donors (Lipinski definition) is 1. The largest absolute Gasteiger partial charge is 1.00 e. The summed E-state index contributed by atoms with van der Waals surface area (Å²) in [6, 6.07) is 0.572. The van der Waals surface area contributed by atoms with Crippen LogP contribution in [0.4, 0.5) is 0 Å². The molecule has 0 bridgehead atoms. The van der Waals surface area contributed by atoms with Gasteiger partial charge in [0, 0.05) is 6.04 Å². The summed E-state index contributed by atoms with van der Waals surface area (Å²) < 4.78 is 0.539. The van der Waals surface area contributed by atoms with Crippen molar-refractivity contribution in [3.8, 4) is 0 Å². The van der Waals surface area contributed by atoms with Crippen LogP contribution in [-0.2, 0) is 12.6 Å². The summed E-state index contributed by atoms with van der Waals surface area (Å²) in [5.41, 5.74) is 0. The number of rotatable bonds is 1. The molecule has 12 heavy (non-hydrogen) atoms. The molecule has 1 N–H and O–H groups in total. The van der Waals surface area contributed by atoms with Crippen molar-refractivity contribution >= 4 is 29.2 Å². The van der Waals surface area contributed by atoms with Crippen molar-refractivity contribution in [2.45, 2.75) is 44.6 Å². The van der Waals surface area contributed by atoms with E-state index < -0.39 is 0 Å². The topological polar surface area (TPSA) is 12.0 Å². The molecule has 0 spiro atoms. The second-order valence-electron chi connectivity index (χ2n) is 3.12. The number of thiocarbonyl (C=S) groups is 1. The van der Waals surface area contributed by atoms with Crippen LogP contribution in [0, 0.1) is 0 Å². The molecule has 64 valence electrons. The van der Waals surface area contributed by atoms with Gasteiger partial charge >= 0.3 is 29.6 Å². The molecule has 0 amide bonds. The summed E-state index contributed by atoms with van der Waals surface area (Å²) in [6.45, 7) is 0. The van der Waals surface area contributed by atoms with Crippen molar-refractivity contribution in [1.82, 2.24) is 5.32 Å². The Kier molecular flexibility index (Phi) is 8.20. The van der Waals surface area contributed by atoms with Gasteiger partial charge in [0.1, 0.15) is 0 Å². The Bertz CT molecular complexity index is 133. The van der Waals surface area contributed by atoms with Crippen LogP contribution in [0.15, 0.2) is 0 Å². The van der Waals surface area contributed by atoms with Crippen molar-refractivity contribution in [2.24, 2.45) is 0 Å². The van der Waals surface area contributed by atoms with Gasteiger partial charge < -0.3 is 30.2 Å². The second kappa shape index (κ2) is 7.51. The molecule has 0 heterocycles. The Balaban J connectivity index is 0.00000121. The summed E-state index contributed by atoms with van der Waals surface area (Å²) in [4.78, 5) is 0. The van der Waals surface area contributed by atoms with E-state index in [2.05, 4.69) is 5.32 Å². The molecule has 1 nitrogen and oxygen atoms in total. The van der Waals surface area contributed by atoms with E-state index in [1.807, 2.05) is 0 Å². The Morgan fingerprint density at radius 3 is 2.08 bits per heavy atom. The maximum absolute atomic E-state index is 4.82. The molecule has 4 heteroatoms. The average molecular weight is 211 g/mol. The minimum atomic E-state index is 0. The van der Waals surface area contributed by atoms with E-state index in [-0.39, 0.29) is 29.6 Å². The van der Waals surface area contributed by atoms with Gasteiger partial charge in [0.15, 0.2) is 0 Å². The van der Waals surface area contributed by atoms with E-state index in [4.69, 9.17) is 24.8 Å². The van der Waals surface area contributed by atoms with E-state index in [0.29, 0.717) is 10.4 Å². The SMILES string of the molecule is S=C([S-])NC1CCCCCC1.[Na+]. The fraction of sp³-hybridized carbons (Fsp3) is 0.875. The molecule has 0 atom stereocenters. The van der Waals surface area contributed by atoms with Crippen LogP contribution in [0.25, 0.3) is 0 Å². The summed E-state index contributed by atoms with van der Waals surface area (Å²) >= 11 is 9.65. The average Bonchev–Trinajstić information content (AvgIpc) is 2.14. The first kappa shape index (κ1) is 13.1. The first-order valence-electron chi connectivity index (χ1n) is 4.26. The third-order valence-corrected chi connectivity index (χ3v) is 2.41. The van der Waals surface area contributed by atoms with Crippen molar-refractivity contribution in [3.05, 3.63) is 0 Å². The van der Waals surface area contributed by atoms with E-state index in [1.165, 1.54) is 38.5 Å². The zero-order chi connectivity index (χ0) is 8.10. The van der Waals surface area contributed by atoms with Crippen LogP contribution in [0.5, 0.6) is 0 Å². The van der Waals surface area contributed by atoms with Gasteiger partial charge in [-0.3, -0.25) is 0 Å². The molecule has 0 aromatic carbocycles. The van der Waals surface area contributed by atoms with Gasteiger partial charge in [-0.1, -0.05) is 30.0 Å². The molecule has 0 aromatic rings. The molecule has 0 unspecified atom stereocenters. The van der Waals surface area contributed by atoms with Gasteiger partial charge in [-0.25, -0.2) is 0 Å². The monoisotopic (exact) mass is 211 g/mol.